The van der Waals surface area contributed by atoms with Gasteiger partial charge in [-0.25, -0.2) is 9.67 Å². The van der Waals surface area contributed by atoms with Crippen molar-refractivity contribution in [3.05, 3.63) is 47.9 Å². The first-order chi connectivity index (χ1) is 10.9. The Morgan fingerprint density at radius 3 is 2.61 bits per heavy atom. The zero-order chi connectivity index (χ0) is 16.6. The number of pyridine rings is 1. The molecule has 7 heteroatoms. The fourth-order valence-corrected chi connectivity index (χ4v) is 2.40. The second-order valence-corrected chi connectivity index (χ2v) is 5.04. The standard InChI is InChI=1S/C16H14F3N3O/c1-3-14-13-5-4-12(23-2)6-10(13)7-15(21-14)22-9-11(8-20-22)16(17,18)19/h4-9H,3H2,1-2H3. The predicted octanol–water partition coefficient (Wildman–Crippen LogP) is 4.01. The number of aromatic nitrogens is 3. The molecule has 0 spiro atoms. The van der Waals surface area contributed by atoms with Crippen LogP contribution in [0.2, 0.25) is 0 Å². The molecule has 0 N–H and O–H groups in total. The van der Waals surface area contributed by atoms with Gasteiger partial charge in [-0.3, -0.25) is 0 Å². The van der Waals surface area contributed by atoms with E-state index in [1.807, 2.05) is 25.1 Å². The Morgan fingerprint density at radius 1 is 1.22 bits per heavy atom. The van der Waals surface area contributed by atoms with Gasteiger partial charge in [0.25, 0.3) is 0 Å². The molecule has 2 heterocycles. The van der Waals surface area contributed by atoms with Gasteiger partial charge in [-0.15, -0.1) is 0 Å². The lowest BCUT2D eigenvalue weighted by Crippen LogP contribution is -2.04. The molecule has 0 aliphatic heterocycles. The lowest BCUT2D eigenvalue weighted by Gasteiger charge is -2.09. The molecule has 0 radical (unpaired) electrons. The second kappa shape index (κ2) is 5.57. The van der Waals surface area contributed by atoms with Crippen LogP contribution in [0.15, 0.2) is 36.7 Å². The molecule has 3 rings (SSSR count). The maximum absolute atomic E-state index is 12.7. The first-order valence-corrected chi connectivity index (χ1v) is 7.02. The van der Waals surface area contributed by atoms with E-state index in [0.717, 1.165) is 33.5 Å². The fourth-order valence-electron chi connectivity index (χ4n) is 2.40. The average Bonchev–Trinajstić information content (AvgIpc) is 3.03. The van der Waals surface area contributed by atoms with E-state index in [4.69, 9.17) is 4.74 Å². The lowest BCUT2D eigenvalue weighted by molar-refractivity contribution is -0.137. The van der Waals surface area contributed by atoms with Gasteiger partial charge in [0.05, 0.1) is 24.6 Å². The summed E-state index contributed by atoms with van der Waals surface area (Å²) in [7, 11) is 1.56. The molecule has 0 bridgehead atoms. The van der Waals surface area contributed by atoms with Crippen molar-refractivity contribution < 1.29 is 17.9 Å². The highest BCUT2D eigenvalue weighted by Crippen LogP contribution is 2.30. The van der Waals surface area contributed by atoms with Gasteiger partial charge in [0.15, 0.2) is 5.82 Å². The molecule has 0 fully saturated rings. The number of alkyl halides is 3. The van der Waals surface area contributed by atoms with Crippen molar-refractivity contribution in [2.24, 2.45) is 0 Å². The van der Waals surface area contributed by atoms with Crippen LogP contribution in [0.25, 0.3) is 16.6 Å². The van der Waals surface area contributed by atoms with Crippen molar-refractivity contribution in [3.8, 4) is 11.6 Å². The third-order valence-corrected chi connectivity index (χ3v) is 3.58. The molecule has 23 heavy (non-hydrogen) atoms. The predicted molar refractivity (Wildman–Crippen MR) is 79.8 cm³/mol. The maximum atomic E-state index is 12.7. The van der Waals surface area contributed by atoms with Crippen LogP contribution in [0, 0.1) is 0 Å². The highest BCUT2D eigenvalue weighted by atomic mass is 19.4. The molecule has 0 saturated carbocycles. The smallest absolute Gasteiger partial charge is 0.419 e. The molecule has 3 aromatic rings. The zero-order valence-electron chi connectivity index (χ0n) is 12.6. The summed E-state index contributed by atoms with van der Waals surface area (Å²) in [6.07, 6.45) is -2.03. The van der Waals surface area contributed by atoms with E-state index in [-0.39, 0.29) is 0 Å². The Hall–Kier alpha value is -2.57. The van der Waals surface area contributed by atoms with Gasteiger partial charge in [-0.05, 0) is 36.1 Å². The van der Waals surface area contributed by atoms with E-state index >= 15 is 0 Å². The quantitative estimate of drug-likeness (QED) is 0.732. The SMILES string of the molecule is CCc1nc(-n2cc(C(F)(F)F)cn2)cc2cc(OC)ccc12. The number of nitrogens with zero attached hydrogens (tertiary/aromatic N) is 3. The molecule has 0 saturated heterocycles. The second-order valence-electron chi connectivity index (χ2n) is 5.04. The molecule has 2 aromatic heterocycles. The molecule has 120 valence electrons. The molecular formula is C16H14F3N3O. The normalized spacial score (nSPS) is 11.9. The van der Waals surface area contributed by atoms with E-state index in [0.29, 0.717) is 18.0 Å². The summed E-state index contributed by atoms with van der Waals surface area (Å²) >= 11 is 0. The van der Waals surface area contributed by atoms with E-state index < -0.39 is 11.7 Å². The number of aryl methyl sites for hydroxylation is 1. The summed E-state index contributed by atoms with van der Waals surface area (Å²) in [5.74, 6) is 1.02. The van der Waals surface area contributed by atoms with Crippen molar-refractivity contribution >= 4 is 10.8 Å². The molecule has 4 nitrogen and oxygen atoms in total. The molecule has 0 amide bonds. The number of fused-ring (bicyclic) bond motifs is 1. The highest BCUT2D eigenvalue weighted by Gasteiger charge is 2.32. The maximum Gasteiger partial charge on any atom is 0.419 e. The fraction of sp³-hybridized carbons (Fsp3) is 0.250. The van der Waals surface area contributed by atoms with Crippen LogP contribution < -0.4 is 4.74 Å². The Bertz CT molecular complexity index is 855. The molecule has 0 atom stereocenters. The van der Waals surface area contributed by atoms with E-state index in [1.165, 1.54) is 0 Å². The average molecular weight is 321 g/mol. The van der Waals surface area contributed by atoms with Crippen molar-refractivity contribution in [1.82, 2.24) is 14.8 Å². The molecule has 0 aliphatic carbocycles. The van der Waals surface area contributed by atoms with Gasteiger partial charge in [-0.2, -0.15) is 18.3 Å². The van der Waals surface area contributed by atoms with Gasteiger partial charge < -0.3 is 4.74 Å². The number of hydrogen-bond acceptors (Lipinski definition) is 3. The largest absolute Gasteiger partial charge is 0.497 e. The summed E-state index contributed by atoms with van der Waals surface area (Å²) in [5, 5.41) is 5.57. The Morgan fingerprint density at radius 2 is 2.00 bits per heavy atom. The van der Waals surface area contributed by atoms with Crippen LogP contribution in [0.1, 0.15) is 18.2 Å². The van der Waals surface area contributed by atoms with Gasteiger partial charge in [0, 0.05) is 11.6 Å². The topological polar surface area (TPSA) is 39.9 Å². The Labute approximate surface area is 130 Å². The summed E-state index contributed by atoms with van der Waals surface area (Å²) in [6, 6.07) is 7.25. The first kappa shape index (κ1) is 15.3. The Balaban J connectivity index is 2.15. The number of benzene rings is 1. The van der Waals surface area contributed by atoms with Crippen LogP contribution >= 0.6 is 0 Å². The third kappa shape index (κ3) is 2.86. The molecule has 1 aromatic carbocycles. The summed E-state index contributed by atoms with van der Waals surface area (Å²) in [6.45, 7) is 1.94. The highest BCUT2D eigenvalue weighted by molar-refractivity contribution is 5.87. The van der Waals surface area contributed by atoms with E-state index in [1.54, 1.807) is 13.2 Å². The number of methoxy groups -OCH3 is 1. The van der Waals surface area contributed by atoms with Gasteiger partial charge in [-0.1, -0.05) is 6.92 Å². The monoisotopic (exact) mass is 321 g/mol. The molecular weight excluding hydrogens is 307 g/mol. The van der Waals surface area contributed by atoms with Crippen molar-refractivity contribution in [1.29, 1.82) is 0 Å². The van der Waals surface area contributed by atoms with Crippen molar-refractivity contribution in [2.45, 2.75) is 19.5 Å². The zero-order valence-corrected chi connectivity index (χ0v) is 12.6. The van der Waals surface area contributed by atoms with Crippen molar-refractivity contribution in [2.75, 3.05) is 7.11 Å². The van der Waals surface area contributed by atoms with Crippen LogP contribution in [0.5, 0.6) is 5.75 Å². The molecule has 0 aliphatic rings. The first-order valence-electron chi connectivity index (χ1n) is 7.02. The van der Waals surface area contributed by atoms with Crippen LogP contribution in [0.4, 0.5) is 13.2 Å². The number of hydrogen-bond donors (Lipinski definition) is 0. The van der Waals surface area contributed by atoms with Crippen LogP contribution in [-0.4, -0.2) is 21.9 Å². The van der Waals surface area contributed by atoms with E-state index in [9.17, 15) is 13.2 Å². The minimum Gasteiger partial charge on any atom is -0.497 e. The Kier molecular flexibility index (Phi) is 3.71. The number of rotatable bonds is 3. The van der Waals surface area contributed by atoms with Gasteiger partial charge >= 0.3 is 6.18 Å². The number of ether oxygens (including phenoxy) is 1. The lowest BCUT2D eigenvalue weighted by atomic mass is 10.1. The minimum atomic E-state index is -4.42. The van der Waals surface area contributed by atoms with Crippen molar-refractivity contribution in [3.63, 3.8) is 0 Å². The molecule has 0 unspecified atom stereocenters. The van der Waals surface area contributed by atoms with E-state index in [2.05, 4.69) is 10.1 Å². The summed E-state index contributed by atoms with van der Waals surface area (Å²) in [5.41, 5.74) is -0.00713. The van der Waals surface area contributed by atoms with Gasteiger partial charge in [0.1, 0.15) is 5.75 Å². The third-order valence-electron chi connectivity index (χ3n) is 3.58. The number of halogens is 3. The van der Waals surface area contributed by atoms with Crippen LogP contribution in [0.3, 0.4) is 0 Å². The summed E-state index contributed by atoms with van der Waals surface area (Å²) < 4.78 is 44.5. The summed E-state index contributed by atoms with van der Waals surface area (Å²) in [4.78, 5) is 4.43. The minimum absolute atomic E-state index is 0.345. The van der Waals surface area contributed by atoms with Crippen LogP contribution in [-0.2, 0) is 12.6 Å². The van der Waals surface area contributed by atoms with Gasteiger partial charge in [0.2, 0.25) is 0 Å².